The maximum atomic E-state index is 11.1. The lowest BCUT2D eigenvalue weighted by molar-refractivity contribution is -0.122. The van der Waals surface area contributed by atoms with E-state index in [0.717, 1.165) is 6.42 Å². The summed E-state index contributed by atoms with van der Waals surface area (Å²) in [6, 6.07) is -0.569. The first-order chi connectivity index (χ1) is 6.37. The van der Waals surface area contributed by atoms with Crippen molar-refractivity contribution in [2.24, 2.45) is 10.9 Å². The first-order valence-corrected chi connectivity index (χ1v) is 6.12. The maximum absolute atomic E-state index is 11.1. The standard InChI is InChI=1S/C7H17N3O3S/c1-2-3-6(8)7(11)10-4-5-14(9,12)13/h6H,2-5,8H2,1H3,(H,10,11)(H2,9,12,13)/t6-/m0/s1. The number of primary sulfonamides is 1. The van der Waals surface area contributed by atoms with Crippen LogP contribution in [-0.2, 0) is 14.8 Å². The summed E-state index contributed by atoms with van der Waals surface area (Å²) < 4.78 is 21.0. The Balaban J connectivity index is 3.75. The molecule has 0 aromatic carbocycles. The molecule has 1 amide bonds. The van der Waals surface area contributed by atoms with Gasteiger partial charge in [0.2, 0.25) is 15.9 Å². The number of nitrogens with one attached hydrogen (secondary N) is 1. The molecule has 0 aliphatic heterocycles. The maximum Gasteiger partial charge on any atom is 0.236 e. The molecule has 0 saturated heterocycles. The second-order valence-electron chi connectivity index (χ2n) is 3.05. The van der Waals surface area contributed by atoms with Crippen LogP contribution in [0.25, 0.3) is 0 Å². The third-order valence-electron chi connectivity index (χ3n) is 1.62. The van der Waals surface area contributed by atoms with E-state index in [4.69, 9.17) is 10.9 Å². The molecule has 0 saturated carbocycles. The van der Waals surface area contributed by atoms with Gasteiger partial charge in [0, 0.05) is 6.54 Å². The molecule has 1 atom stereocenters. The molecule has 0 rings (SSSR count). The van der Waals surface area contributed by atoms with Gasteiger partial charge >= 0.3 is 0 Å². The Morgan fingerprint density at radius 2 is 2.07 bits per heavy atom. The van der Waals surface area contributed by atoms with Gasteiger partial charge in [0.15, 0.2) is 0 Å². The van der Waals surface area contributed by atoms with E-state index in [1.807, 2.05) is 6.92 Å². The second kappa shape index (κ2) is 5.94. The summed E-state index contributed by atoms with van der Waals surface area (Å²) >= 11 is 0. The van der Waals surface area contributed by atoms with E-state index in [9.17, 15) is 13.2 Å². The molecule has 0 unspecified atom stereocenters. The molecule has 0 aromatic heterocycles. The van der Waals surface area contributed by atoms with Crippen LogP contribution in [0.15, 0.2) is 0 Å². The van der Waals surface area contributed by atoms with Gasteiger partial charge in [-0.3, -0.25) is 4.79 Å². The van der Waals surface area contributed by atoms with Gasteiger partial charge in [0.1, 0.15) is 0 Å². The van der Waals surface area contributed by atoms with Crippen molar-refractivity contribution in [3.63, 3.8) is 0 Å². The minimum Gasteiger partial charge on any atom is -0.354 e. The van der Waals surface area contributed by atoms with E-state index < -0.39 is 16.1 Å². The molecule has 0 aromatic rings. The number of sulfonamides is 1. The first-order valence-electron chi connectivity index (χ1n) is 4.40. The molecule has 6 nitrogen and oxygen atoms in total. The third kappa shape index (κ3) is 6.81. The van der Waals surface area contributed by atoms with Gasteiger partial charge in [-0.15, -0.1) is 0 Å². The number of amides is 1. The van der Waals surface area contributed by atoms with Crippen LogP contribution in [-0.4, -0.2) is 32.7 Å². The molecule has 7 heteroatoms. The molecule has 0 radical (unpaired) electrons. The SMILES string of the molecule is CCC[C@H](N)C(=O)NCCS(N)(=O)=O. The smallest absolute Gasteiger partial charge is 0.236 e. The van der Waals surface area contributed by atoms with Crippen LogP contribution in [0.1, 0.15) is 19.8 Å². The highest BCUT2D eigenvalue weighted by Gasteiger charge is 2.12. The predicted octanol–water partition coefficient (Wildman–Crippen LogP) is -1.48. The van der Waals surface area contributed by atoms with Gasteiger partial charge in [0.25, 0.3) is 0 Å². The summed E-state index contributed by atoms with van der Waals surface area (Å²) in [5.74, 6) is -0.604. The Morgan fingerprint density at radius 1 is 1.50 bits per heavy atom. The fraction of sp³-hybridized carbons (Fsp3) is 0.857. The molecule has 14 heavy (non-hydrogen) atoms. The minimum absolute atomic E-state index is 0.00901. The summed E-state index contributed by atoms with van der Waals surface area (Å²) in [4.78, 5) is 11.1. The summed E-state index contributed by atoms with van der Waals surface area (Å²) in [5.41, 5.74) is 5.48. The van der Waals surface area contributed by atoms with Gasteiger partial charge in [-0.05, 0) is 6.42 Å². The molecule has 0 heterocycles. The normalized spacial score (nSPS) is 13.6. The highest BCUT2D eigenvalue weighted by Crippen LogP contribution is 1.92. The highest BCUT2D eigenvalue weighted by molar-refractivity contribution is 7.89. The van der Waals surface area contributed by atoms with Gasteiger partial charge in [0.05, 0.1) is 11.8 Å². The van der Waals surface area contributed by atoms with E-state index >= 15 is 0 Å². The van der Waals surface area contributed by atoms with Crippen molar-refractivity contribution in [2.75, 3.05) is 12.3 Å². The van der Waals surface area contributed by atoms with Gasteiger partial charge in [-0.2, -0.15) is 0 Å². The molecule has 0 aliphatic rings. The minimum atomic E-state index is -3.51. The van der Waals surface area contributed by atoms with E-state index in [-0.39, 0.29) is 18.2 Å². The lowest BCUT2D eigenvalue weighted by Gasteiger charge is -2.10. The highest BCUT2D eigenvalue weighted by atomic mass is 32.2. The van der Waals surface area contributed by atoms with Crippen LogP contribution in [0, 0.1) is 0 Å². The van der Waals surface area contributed by atoms with Gasteiger partial charge < -0.3 is 11.1 Å². The molecular weight excluding hydrogens is 206 g/mol. The number of carbonyl (C=O) groups excluding carboxylic acids is 1. The van der Waals surface area contributed by atoms with Crippen LogP contribution in [0.2, 0.25) is 0 Å². The number of hydrogen-bond acceptors (Lipinski definition) is 4. The van der Waals surface area contributed by atoms with Crippen LogP contribution in [0.3, 0.4) is 0 Å². The third-order valence-corrected chi connectivity index (χ3v) is 2.40. The average molecular weight is 223 g/mol. The Bertz CT molecular complexity index is 276. The zero-order valence-corrected chi connectivity index (χ0v) is 9.01. The van der Waals surface area contributed by atoms with E-state index in [2.05, 4.69) is 5.32 Å². The summed E-state index contributed by atoms with van der Waals surface area (Å²) in [7, 11) is -3.51. The van der Waals surface area contributed by atoms with Crippen molar-refractivity contribution < 1.29 is 13.2 Å². The first kappa shape index (κ1) is 13.3. The largest absolute Gasteiger partial charge is 0.354 e. The summed E-state index contributed by atoms with van der Waals surface area (Å²) in [5, 5.41) is 7.15. The molecule has 0 spiro atoms. The van der Waals surface area contributed by atoms with Crippen molar-refractivity contribution in [2.45, 2.75) is 25.8 Å². The average Bonchev–Trinajstić information content (AvgIpc) is 2.02. The van der Waals surface area contributed by atoms with Gasteiger partial charge in [-0.25, -0.2) is 13.6 Å². The summed E-state index contributed by atoms with van der Waals surface area (Å²) in [6.45, 7) is 1.92. The number of hydrogen-bond donors (Lipinski definition) is 3. The predicted molar refractivity (Wildman–Crippen MR) is 53.9 cm³/mol. The van der Waals surface area contributed by atoms with E-state index in [1.54, 1.807) is 0 Å². The van der Waals surface area contributed by atoms with Crippen molar-refractivity contribution in [3.8, 4) is 0 Å². The quantitative estimate of drug-likeness (QED) is 0.509. The molecular formula is C7H17N3O3S. The van der Waals surface area contributed by atoms with Crippen molar-refractivity contribution in [1.82, 2.24) is 5.32 Å². The molecule has 5 N–H and O–H groups in total. The number of carbonyl (C=O) groups is 1. The zero-order valence-electron chi connectivity index (χ0n) is 8.19. The Kier molecular flexibility index (Phi) is 5.66. The van der Waals surface area contributed by atoms with Crippen LogP contribution < -0.4 is 16.2 Å². The van der Waals surface area contributed by atoms with E-state index in [0.29, 0.717) is 6.42 Å². The van der Waals surface area contributed by atoms with Crippen LogP contribution in [0.4, 0.5) is 0 Å². The van der Waals surface area contributed by atoms with Crippen LogP contribution in [0.5, 0.6) is 0 Å². The van der Waals surface area contributed by atoms with Crippen molar-refractivity contribution in [1.29, 1.82) is 0 Å². The Labute approximate surface area is 84.1 Å². The number of rotatable bonds is 6. The fourth-order valence-electron chi connectivity index (χ4n) is 0.890. The Morgan fingerprint density at radius 3 is 2.50 bits per heavy atom. The van der Waals surface area contributed by atoms with Crippen molar-refractivity contribution in [3.05, 3.63) is 0 Å². The summed E-state index contributed by atoms with van der Waals surface area (Å²) in [6.07, 6.45) is 1.39. The Hall–Kier alpha value is -0.660. The molecule has 84 valence electrons. The lowest BCUT2D eigenvalue weighted by Crippen LogP contribution is -2.42. The van der Waals surface area contributed by atoms with Gasteiger partial charge in [-0.1, -0.05) is 13.3 Å². The fourth-order valence-corrected chi connectivity index (χ4v) is 1.28. The molecule has 0 aliphatic carbocycles. The monoisotopic (exact) mass is 223 g/mol. The van der Waals surface area contributed by atoms with Crippen LogP contribution >= 0.6 is 0 Å². The van der Waals surface area contributed by atoms with Crippen molar-refractivity contribution >= 4 is 15.9 Å². The zero-order chi connectivity index (χ0) is 11.2. The molecule has 0 fully saturated rings. The topological polar surface area (TPSA) is 115 Å². The van der Waals surface area contributed by atoms with E-state index in [1.165, 1.54) is 0 Å². The number of nitrogens with two attached hydrogens (primary N) is 2. The lowest BCUT2D eigenvalue weighted by atomic mass is 10.2. The second-order valence-corrected chi connectivity index (χ2v) is 4.79. The molecule has 0 bridgehead atoms.